The van der Waals surface area contributed by atoms with Gasteiger partial charge in [-0.2, -0.15) is 13.2 Å². The van der Waals surface area contributed by atoms with E-state index in [0.29, 0.717) is 5.69 Å². The summed E-state index contributed by atoms with van der Waals surface area (Å²) in [5.41, 5.74) is 0.908. The number of aliphatic hydroxyl groups is 1. The lowest BCUT2D eigenvalue weighted by Gasteiger charge is -2.16. The third kappa shape index (κ3) is 3.61. The molecule has 2 aromatic rings. The number of rotatable bonds is 5. The van der Waals surface area contributed by atoms with Crippen molar-refractivity contribution in [2.75, 3.05) is 32.6 Å². The molecule has 0 aliphatic heterocycles. The second kappa shape index (κ2) is 6.68. The summed E-state index contributed by atoms with van der Waals surface area (Å²) >= 11 is 0. The van der Waals surface area contributed by atoms with E-state index < -0.39 is 24.6 Å². The van der Waals surface area contributed by atoms with Crippen molar-refractivity contribution in [2.45, 2.75) is 19.1 Å². The molecule has 1 amide bonds. The van der Waals surface area contributed by atoms with Crippen molar-refractivity contribution in [3.8, 4) is 0 Å². The molecule has 132 valence electrons. The molecule has 0 saturated heterocycles. The largest absolute Gasteiger partial charge is 0.449 e. The van der Waals surface area contributed by atoms with Gasteiger partial charge in [-0.05, 0) is 25.1 Å². The maximum Gasteiger partial charge on any atom is 0.449 e. The first-order chi connectivity index (χ1) is 11.1. The molecule has 2 rings (SSSR count). The van der Waals surface area contributed by atoms with E-state index >= 15 is 0 Å². The Morgan fingerprint density at radius 1 is 1.42 bits per heavy atom. The Kier molecular flexibility index (Phi) is 5.02. The summed E-state index contributed by atoms with van der Waals surface area (Å²) < 4.78 is 40.6. The van der Waals surface area contributed by atoms with E-state index in [9.17, 15) is 23.1 Å². The maximum atomic E-state index is 13.2. The third-order valence-corrected chi connectivity index (χ3v) is 3.59. The van der Waals surface area contributed by atoms with Crippen molar-refractivity contribution in [1.82, 2.24) is 14.5 Å². The molecule has 0 radical (unpaired) electrons. The molecule has 1 aromatic carbocycles. The highest BCUT2D eigenvalue weighted by Crippen LogP contribution is 2.34. The zero-order valence-corrected chi connectivity index (χ0v) is 13.6. The molecule has 1 atom stereocenters. The first-order valence-corrected chi connectivity index (χ1v) is 7.29. The number of carbonyl (C=O) groups excluding carboxylic acids is 1. The number of anilines is 1. The van der Waals surface area contributed by atoms with E-state index in [1.54, 1.807) is 20.2 Å². The zero-order chi connectivity index (χ0) is 18.1. The van der Waals surface area contributed by atoms with Gasteiger partial charge in [0.25, 0.3) is 0 Å². The Morgan fingerprint density at radius 2 is 2.08 bits per heavy atom. The van der Waals surface area contributed by atoms with Crippen LogP contribution >= 0.6 is 0 Å². The van der Waals surface area contributed by atoms with Crippen LogP contribution in [0.25, 0.3) is 11.0 Å². The molecule has 0 aliphatic carbocycles. The summed E-state index contributed by atoms with van der Waals surface area (Å²) in [6.07, 6.45) is -4.63. The molecular weight excluding hydrogens is 325 g/mol. The molecule has 24 heavy (non-hydrogen) atoms. The lowest BCUT2D eigenvalue weighted by Crippen LogP contribution is -2.28. The Morgan fingerprint density at radius 3 is 2.62 bits per heavy atom. The van der Waals surface area contributed by atoms with Crippen LogP contribution in [0.2, 0.25) is 0 Å². The number of halogens is 3. The number of hydrogen-bond donors (Lipinski definition) is 2. The highest BCUT2D eigenvalue weighted by molar-refractivity contribution is 5.83. The van der Waals surface area contributed by atoms with Gasteiger partial charge in [-0.3, -0.25) is 4.79 Å². The molecule has 0 aliphatic rings. The number of amides is 1. The van der Waals surface area contributed by atoms with Crippen LogP contribution < -0.4 is 5.32 Å². The molecule has 0 unspecified atom stereocenters. The van der Waals surface area contributed by atoms with E-state index in [1.165, 1.54) is 24.0 Å². The molecule has 9 heteroatoms. The van der Waals surface area contributed by atoms with Crippen molar-refractivity contribution in [1.29, 1.82) is 0 Å². The van der Waals surface area contributed by atoms with Crippen LogP contribution in [0.15, 0.2) is 18.2 Å². The second-order valence-corrected chi connectivity index (χ2v) is 5.68. The van der Waals surface area contributed by atoms with Crippen LogP contribution in [0.1, 0.15) is 18.8 Å². The fraction of sp³-hybridized carbons (Fsp3) is 0.467. The summed E-state index contributed by atoms with van der Waals surface area (Å²) in [6.45, 7) is 1.07. The highest BCUT2D eigenvalue weighted by Gasteiger charge is 2.38. The predicted octanol–water partition coefficient (Wildman–Crippen LogP) is 2.11. The molecule has 0 fully saturated rings. The molecular formula is C15H19F3N4O2. The summed E-state index contributed by atoms with van der Waals surface area (Å²) in [7, 11) is 3.22. The number of imidazole rings is 1. The minimum atomic E-state index is -4.63. The maximum absolute atomic E-state index is 13.2. The van der Waals surface area contributed by atoms with Crippen LogP contribution in [0.4, 0.5) is 18.9 Å². The van der Waals surface area contributed by atoms with Crippen LogP contribution in [0, 0.1) is 0 Å². The number of carbonyl (C=O) groups is 1. The fourth-order valence-electron chi connectivity index (χ4n) is 2.27. The number of nitrogens with zero attached hydrogens (tertiary/aromatic N) is 3. The highest BCUT2D eigenvalue weighted by atomic mass is 19.4. The summed E-state index contributed by atoms with van der Waals surface area (Å²) in [5.74, 6) is -1.22. The first-order valence-electron chi connectivity index (χ1n) is 7.29. The summed E-state index contributed by atoms with van der Waals surface area (Å²) in [4.78, 5) is 16.6. The fourth-order valence-corrected chi connectivity index (χ4v) is 2.27. The summed E-state index contributed by atoms with van der Waals surface area (Å²) in [5, 5.41) is 12.1. The molecule has 1 heterocycles. The minimum absolute atomic E-state index is 0.0262. The van der Waals surface area contributed by atoms with Crippen molar-refractivity contribution < 1.29 is 23.1 Å². The van der Waals surface area contributed by atoms with Gasteiger partial charge in [-0.25, -0.2) is 4.98 Å². The van der Waals surface area contributed by atoms with Crippen molar-refractivity contribution in [2.24, 2.45) is 0 Å². The SMILES string of the molecule is C[C@H](CO)n1c(C(F)(F)F)nc2cc(NCC(=O)N(C)C)ccc21. The minimum Gasteiger partial charge on any atom is -0.394 e. The van der Waals surface area contributed by atoms with E-state index in [-0.39, 0.29) is 23.5 Å². The third-order valence-electron chi connectivity index (χ3n) is 3.59. The van der Waals surface area contributed by atoms with Crippen molar-refractivity contribution in [3.05, 3.63) is 24.0 Å². The van der Waals surface area contributed by atoms with Gasteiger partial charge in [0, 0.05) is 19.8 Å². The number of hydrogen-bond acceptors (Lipinski definition) is 4. The number of aliphatic hydroxyl groups excluding tert-OH is 1. The lowest BCUT2D eigenvalue weighted by atomic mass is 10.2. The quantitative estimate of drug-likeness (QED) is 0.872. The average molecular weight is 344 g/mol. The van der Waals surface area contributed by atoms with Gasteiger partial charge < -0.3 is 19.9 Å². The number of benzene rings is 1. The van der Waals surface area contributed by atoms with E-state index in [0.717, 1.165) is 4.57 Å². The van der Waals surface area contributed by atoms with Gasteiger partial charge in [0.05, 0.1) is 30.2 Å². The van der Waals surface area contributed by atoms with E-state index in [4.69, 9.17) is 0 Å². The van der Waals surface area contributed by atoms with Crippen LogP contribution in [-0.2, 0) is 11.0 Å². The standard InChI is InChI=1S/C15H19F3N4O2/c1-9(8-23)22-12-5-4-10(19-7-13(24)21(2)3)6-11(12)20-14(22)15(16,17)18/h4-6,9,19,23H,7-8H2,1-3H3/t9-/m1/s1. The number of fused-ring (bicyclic) bond motifs is 1. The van der Waals surface area contributed by atoms with Gasteiger partial charge in [0.2, 0.25) is 11.7 Å². The Hall–Kier alpha value is -2.29. The number of alkyl halides is 3. The van der Waals surface area contributed by atoms with Crippen LogP contribution in [0.5, 0.6) is 0 Å². The van der Waals surface area contributed by atoms with Crippen molar-refractivity contribution >= 4 is 22.6 Å². The summed E-state index contributed by atoms with van der Waals surface area (Å²) in [6, 6.07) is 3.76. The van der Waals surface area contributed by atoms with Gasteiger partial charge in [0.15, 0.2) is 0 Å². The van der Waals surface area contributed by atoms with E-state index in [1.807, 2.05) is 0 Å². The Balaban J connectivity index is 2.41. The molecule has 1 aromatic heterocycles. The molecule has 2 N–H and O–H groups in total. The number of nitrogens with one attached hydrogen (secondary N) is 1. The number of likely N-dealkylation sites (N-methyl/N-ethyl adjacent to an activating group) is 1. The second-order valence-electron chi connectivity index (χ2n) is 5.68. The van der Waals surface area contributed by atoms with Crippen molar-refractivity contribution in [3.63, 3.8) is 0 Å². The normalized spacial score (nSPS) is 13.1. The lowest BCUT2D eigenvalue weighted by molar-refractivity contribution is -0.147. The van der Waals surface area contributed by atoms with Gasteiger partial charge in [-0.1, -0.05) is 0 Å². The van der Waals surface area contributed by atoms with Gasteiger partial charge >= 0.3 is 6.18 Å². The van der Waals surface area contributed by atoms with Gasteiger partial charge in [0.1, 0.15) is 0 Å². The van der Waals surface area contributed by atoms with E-state index in [2.05, 4.69) is 10.3 Å². The number of aromatic nitrogens is 2. The topological polar surface area (TPSA) is 70.4 Å². The monoisotopic (exact) mass is 344 g/mol. The molecule has 0 bridgehead atoms. The Labute approximate surface area is 136 Å². The van der Waals surface area contributed by atoms with Crippen LogP contribution in [0.3, 0.4) is 0 Å². The van der Waals surface area contributed by atoms with Gasteiger partial charge in [-0.15, -0.1) is 0 Å². The molecule has 6 nitrogen and oxygen atoms in total. The van der Waals surface area contributed by atoms with Crippen LogP contribution in [-0.4, -0.2) is 52.7 Å². The first kappa shape index (κ1) is 18.1. The molecule has 0 spiro atoms. The Bertz CT molecular complexity index is 740. The average Bonchev–Trinajstić information content (AvgIpc) is 2.90. The predicted molar refractivity (Wildman–Crippen MR) is 83.7 cm³/mol. The smallest absolute Gasteiger partial charge is 0.394 e. The molecule has 0 saturated carbocycles. The zero-order valence-electron chi connectivity index (χ0n) is 13.6.